The molecule has 1 amide bonds. The van der Waals surface area contributed by atoms with E-state index in [-0.39, 0.29) is 27.6 Å². The number of carbonyl (C=O) groups is 1. The number of hydrogen-bond acceptors (Lipinski definition) is 3. The van der Waals surface area contributed by atoms with E-state index in [2.05, 4.69) is 17.4 Å². The van der Waals surface area contributed by atoms with Gasteiger partial charge >= 0.3 is 0 Å². The van der Waals surface area contributed by atoms with Crippen molar-refractivity contribution in [2.75, 3.05) is 0 Å². The Bertz CT molecular complexity index is 1040. The summed E-state index contributed by atoms with van der Waals surface area (Å²) >= 11 is 5.50. The second kappa shape index (κ2) is 7.01. The van der Waals surface area contributed by atoms with Gasteiger partial charge in [-0.05, 0) is 35.0 Å². The van der Waals surface area contributed by atoms with Crippen molar-refractivity contribution in [3.05, 3.63) is 82.9 Å². The highest BCUT2D eigenvalue weighted by Crippen LogP contribution is 2.25. The summed E-state index contributed by atoms with van der Waals surface area (Å²) in [7, 11) is 0. The second-order valence-corrected chi connectivity index (χ2v) is 5.93. The first kappa shape index (κ1) is 17.7. The summed E-state index contributed by atoms with van der Waals surface area (Å²) in [5.74, 6) is -2.48. The Hall–Kier alpha value is -3.12. The molecule has 26 heavy (non-hydrogen) atoms. The van der Waals surface area contributed by atoms with E-state index in [1.165, 1.54) is 12.1 Å². The predicted molar refractivity (Wildman–Crippen MR) is 96.6 cm³/mol. The molecule has 0 saturated carbocycles. The summed E-state index contributed by atoms with van der Waals surface area (Å²) in [5.41, 5.74) is 4.46. The molecule has 0 aliphatic carbocycles. The highest BCUT2D eigenvalue weighted by Gasteiger charge is 2.15. The number of phenolic OH excluding ortho intramolecular Hbond substituents is 1. The third-order valence-electron chi connectivity index (χ3n) is 3.77. The molecule has 0 aliphatic rings. The molecule has 0 bridgehead atoms. The fraction of sp³-hybridized carbons (Fsp3) is 0. The molecule has 0 heterocycles. The van der Waals surface area contributed by atoms with Crippen molar-refractivity contribution in [2.45, 2.75) is 0 Å². The van der Waals surface area contributed by atoms with Gasteiger partial charge in [0.2, 0.25) is 0 Å². The number of aromatic hydroxyl groups is 1. The van der Waals surface area contributed by atoms with Gasteiger partial charge in [-0.2, -0.15) is 0 Å². The zero-order valence-corrected chi connectivity index (χ0v) is 14.1. The molecular formula is C19H13ClF2N2O2. The summed E-state index contributed by atoms with van der Waals surface area (Å²) < 4.78 is 27.4. The minimum absolute atomic E-state index is 0.0201. The van der Waals surface area contributed by atoms with Gasteiger partial charge in [-0.1, -0.05) is 42.4 Å². The molecule has 3 aromatic rings. The smallest absolute Gasteiger partial charge is 0.273 e. The van der Waals surface area contributed by atoms with E-state index >= 15 is 0 Å². The standard InChI is InChI=1S/C19H13ClF2N2O2/c1-10(13-8-17(22)15(20)9-16(13)21)23-24-19(26)14-6-11-4-2-3-5-12(11)7-18(14)25/h2-9,23,25H,1H2,(H,24,26). The van der Waals surface area contributed by atoms with Crippen LogP contribution in [0.5, 0.6) is 5.75 Å². The summed E-state index contributed by atoms with van der Waals surface area (Å²) in [5, 5.41) is 11.2. The van der Waals surface area contributed by atoms with Crippen LogP contribution in [-0.2, 0) is 0 Å². The fourth-order valence-corrected chi connectivity index (χ4v) is 2.58. The monoisotopic (exact) mass is 374 g/mol. The highest BCUT2D eigenvalue weighted by molar-refractivity contribution is 6.30. The van der Waals surface area contributed by atoms with Crippen LogP contribution in [0.4, 0.5) is 8.78 Å². The molecular weight excluding hydrogens is 362 g/mol. The van der Waals surface area contributed by atoms with Crippen molar-refractivity contribution in [2.24, 2.45) is 0 Å². The van der Waals surface area contributed by atoms with Crippen molar-refractivity contribution in [3.8, 4) is 5.75 Å². The van der Waals surface area contributed by atoms with Crippen molar-refractivity contribution < 1.29 is 18.7 Å². The van der Waals surface area contributed by atoms with Crippen LogP contribution in [-0.4, -0.2) is 11.0 Å². The second-order valence-electron chi connectivity index (χ2n) is 5.52. The number of halogens is 3. The predicted octanol–water partition coefficient (Wildman–Crippen LogP) is 4.38. The number of nitrogens with one attached hydrogen (secondary N) is 2. The van der Waals surface area contributed by atoms with E-state index < -0.39 is 17.5 Å². The number of benzene rings is 3. The zero-order chi connectivity index (χ0) is 18.8. The Kier molecular flexibility index (Phi) is 4.77. The van der Waals surface area contributed by atoms with Gasteiger partial charge in [-0.25, -0.2) is 8.78 Å². The highest BCUT2D eigenvalue weighted by atomic mass is 35.5. The number of hydrogen-bond donors (Lipinski definition) is 3. The van der Waals surface area contributed by atoms with E-state index in [1.807, 2.05) is 6.07 Å². The van der Waals surface area contributed by atoms with Crippen LogP contribution in [0.15, 0.2) is 55.1 Å². The molecule has 3 N–H and O–H groups in total. The molecule has 132 valence electrons. The lowest BCUT2D eigenvalue weighted by Crippen LogP contribution is -2.36. The maximum atomic E-state index is 13.9. The molecule has 0 fully saturated rings. The van der Waals surface area contributed by atoms with Gasteiger partial charge < -0.3 is 5.11 Å². The topological polar surface area (TPSA) is 61.4 Å². The van der Waals surface area contributed by atoms with Gasteiger partial charge in [0.05, 0.1) is 16.3 Å². The Morgan fingerprint density at radius 1 is 0.962 bits per heavy atom. The lowest BCUT2D eigenvalue weighted by atomic mass is 10.1. The summed E-state index contributed by atoms with van der Waals surface area (Å²) in [6.07, 6.45) is 0. The summed E-state index contributed by atoms with van der Waals surface area (Å²) in [6, 6.07) is 11.9. The molecule has 3 aromatic carbocycles. The number of rotatable bonds is 4. The molecule has 0 unspecified atom stereocenters. The van der Waals surface area contributed by atoms with Gasteiger partial charge in [-0.15, -0.1) is 0 Å². The summed E-state index contributed by atoms with van der Waals surface area (Å²) in [6.45, 7) is 3.56. The fourth-order valence-electron chi connectivity index (χ4n) is 2.43. The van der Waals surface area contributed by atoms with Crippen molar-refractivity contribution in [1.29, 1.82) is 0 Å². The van der Waals surface area contributed by atoms with Crippen molar-refractivity contribution in [1.82, 2.24) is 10.9 Å². The largest absolute Gasteiger partial charge is 0.507 e. The van der Waals surface area contributed by atoms with Gasteiger partial charge in [0.25, 0.3) is 5.91 Å². The van der Waals surface area contributed by atoms with Gasteiger partial charge in [0, 0.05) is 5.56 Å². The van der Waals surface area contributed by atoms with Crippen molar-refractivity contribution >= 4 is 34.0 Å². The zero-order valence-electron chi connectivity index (χ0n) is 13.3. The lowest BCUT2D eigenvalue weighted by molar-refractivity contribution is 0.0940. The Balaban J connectivity index is 1.78. The van der Waals surface area contributed by atoms with Crippen molar-refractivity contribution in [3.63, 3.8) is 0 Å². The van der Waals surface area contributed by atoms with Crippen LogP contribution in [0.25, 0.3) is 16.5 Å². The van der Waals surface area contributed by atoms with Crippen LogP contribution in [0.1, 0.15) is 15.9 Å². The quantitative estimate of drug-likeness (QED) is 0.469. The van der Waals surface area contributed by atoms with Crippen LogP contribution >= 0.6 is 11.6 Å². The molecule has 7 heteroatoms. The molecule has 0 saturated heterocycles. The van der Waals surface area contributed by atoms with Crippen LogP contribution in [0, 0.1) is 11.6 Å². The van der Waals surface area contributed by atoms with Crippen LogP contribution < -0.4 is 10.9 Å². The van der Waals surface area contributed by atoms with Crippen LogP contribution in [0.2, 0.25) is 5.02 Å². The molecule has 0 radical (unpaired) electrons. The molecule has 4 nitrogen and oxygen atoms in total. The van der Waals surface area contributed by atoms with E-state index in [9.17, 15) is 18.7 Å². The van der Waals surface area contributed by atoms with Gasteiger partial charge in [0.15, 0.2) is 0 Å². The molecule has 0 aromatic heterocycles. The molecule has 0 spiro atoms. The normalized spacial score (nSPS) is 10.6. The Morgan fingerprint density at radius 3 is 2.31 bits per heavy atom. The summed E-state index contributed by atoms with van der Waals surface area (Å²) in [4.78, 5) is 12.3. The molecule has 0 atom stereocenters. The number of amides is 1. The number of phenols is 1. The van der Waals surface area contributed by atoms with E-state index in [0.29, 0.717) is 0 Å². The van der Waals surface area contributed by atoms with E-state index in [4.69, 9.17) is 11.6 Å². The first-order chi connectivity index (χ1) is 12.4. The minimum atomic E-state index is -0.815. The Morgan fingerprint density at radius 2 is 1.62 bits per heavy atom. The number of carbonyl (C=O) groups excluding carboxylic acids is 1. The average molecular weight is 375 g/mol. The Labute approximate surface area is 152 Å². The van der Waals surface area contributed by atoms with Gasteiger partial charge in [0.1, 0.15) is 17.4 Å². The maximum Gasteiger partial charge on any atom is 0.273 e. The SMILES string of the molecule is C=C(NNC(=O)c1cc2ccccc2cc1O)c1cc(F)c(Cl)cc1F. The van der Waals surface area contributed by atoms with Crippen LogP contribution in [0.3, 0.4) is 0 Å². The minimum Gasteiger partial charge on any atom is -0.507 e. The van der Waals surface area contributed by atoms with E-state index in [1.54, 1.807) is 18.2 Å². The number of hydrazine groups is 1. The maximum absolute atomic E-state index is 13.9. The third-order valence-corrected chi connectivity index (χ3v) is 4.06. The molecule has 0 aliphatic heterocycles. The average Bonchev–Trinajstić information content (AvgIpc) is 2.61. The molecule has 3 rings (SSSR count). The lowest BCUT2D eigenvalue weighted by Gasteiger charge is -2.13. The third kappa shape index (κ3) is 3.45. The van der Waals surface area contributed by atoms with Gasteiger partial charge in [-0.3, -0.25) is 15.6 Å². The first-order valence-electron chi connectivity index (χ1n) is 7.48. The number of fused-ring (bicyclic) bond motifs is 1. The first-order valence-corrected chi connectivity index (χ1v) is 7.86. The van der Waals surface area contributed by atoms with E-state index in [0.717, 1.165) is 22.9 Å².